The summed E-state index contributed by atoms with van der Waals surface area (Å²) in [6.07, 6.45) is 3.64. The van der Waals surface area contributed by atoms with E-state index in [4.69, 9.17) is 9.47 Å². The van der Waals surface area contributed by atoms with Crippen LogP contribution in [0.15, 0.2) is 16.6 Å². The summed E-state index contributed by atoms with van der Waals surface area (Å²) >= 11 is 3.58. The van der Waals surface area contributed by atoms with Crippen molar-refractivity contribution >= 4 is 15.9 Å². The lowest BCUT2D eigenvalue weighted by molar-refractivity contribution is -0.0172. The number of piperidine rings is 1. The van der Waals surface area contributed by atoms with Crippen LogP contribution >= 0.6 is 15.9 Å². The first kappa shape index (κ1) is 12.5. The number of ether oxygens (including phenoxy) is 2. The second-order valence-electron chi connectivity index (χ2n) is 5.06. The Labute approximate surface area is 116 Å². The molecule has 0 spiro atoms. The lowest BCUT2D eigenvalue weighted by atomic mass is 9.90. The summed E-state index contributed by atoms with van der Waals surface area (Å²) in [5, 5.41) is 3.41. The van der Waals surface area contributed by atoms with Gasteiger partial charge in [0.15, 0.2) is 6.79 Å². The second kappa shape index (κ2) is 5.59. The summed E-state index contributed by atoms with van der Waals surface area (Å²) in [5.41, 5.74) is 2.49. The van der Waals surface area contributed by atoms with Crippen molar-refractivity contribution in [3.05, 3.63) is 27.7 Å². The molecule has 0 aromatic heterocycles. The molecule has 0 unspecified atom stereocenters. The van der Waals surface area contributed by atoms with E-state index in [0.717, 1.165) is 35.7 Å². The Morgan fingerprint density at radius 2 is 2.11 bits per heavy atom. The van der Waals surface area contributed by atoms with Crippen LogP contribution in [0.2, 0.25) is 0 Å². The molecular weight excluding hydrogens is 294 g/mol. The molecule has 4 heteroatoms. The van der Waals surface area contributed by atoms with Gasteiger partial charge in [-0.05, 0) is 56.0 Å². The smallest absolute Gasteiger partial charge is 0.189 e. The number of rotatable bonds is 2. The van der Waals surface area contributed by atoms with Crippen molar-refractivity contribution in [2.75, 3.05) is 19.9 Å². The van der Waals surface area contributed by atoms with Gasteiger partial charge >= 0.3 is 0 Å². The number of fused-ring (bicyclic) bond motifs is 1. The SMILES string of the molecule is Brc1cc2c(c(CC3CCNCC3)c1)OCOC2. The fourth-order valence-corrected chi connectivity index (χ4v) is 3.36. The molecule has 2 aliphatic heterocycles. The van der Waals surface area contributed by atoms with Gasteiger partial charge in [0.2, 0.25) is 0 Å². The molecule has 18 heavy (non-hydrogen) atoms. The van der Waals surface area contributed by atoms with E-state index in [-0.39, 0.29) is 0 Å². The topological polar surface area (TPSA) is 30.5 Å². The standard InChI is InChI=1S/C14H18BrNO2/c15-13-6-11(5-10-1-3-16-4-2-10)14-12(7-13)8-17-9-18-14/h6-7,10,16H,1-5,8-9H2. The zero-order valence-corrected chi connectivity index (χ0v) is 12.0. The summed E-state index contributed by atoms with van der Waals surface area (Å²) < 4.78 is 12.2. The zero-order valence-electron chi connectivity index (χ0n) is 10.4. The second-order valence-corrected chi connectivity index (χ2v) is 5.98. The summed E-state index contributed by atoms with van der Waals surface area (Å²) in [6.45, 7) is 3.33. The van der Waals surface area contributed by atoms with Crippen LogP contribution in [0, 0.1) is 5.92 Å². The number of hydrogen-bond acceptors (Lipinski definition) is 3. The third-order valence-electron chi connectivity index (χ3n) is 3.72. The molecule has 1 aromatic rings. The van der Waals surface area contributed by atoms with E-state index >= 15 is 0 Å². The summed E-state index contributed by atoms with van der Waals surface area (Å²) in [7, 11) is 0. The van der Waals surface area contributed by atoms with Crippen LogP contribution in [0.4, 0.5) is 0 Å². The average Bonchev–Trinajstić information content (AvgIpc) is 2.40. The molecule has 3 rings (SSSR count). The first-order valence-corrected chi connectivity index (χ1v) is 7.35. The number of hydrogen-bond donors (Lipinski definition) is 1. The number of benzene rings is 1. The Balaban J connectivity index is 1.83. The third-order valence-corrected chi connectivity index (χ3v) is 4.18. The number of nitrogens with one attached hydrogen (secondary N) is 1. The van der Waals surface area contributed by atoms with Gasteiger partial charge in [0, 0.05) is 10.0 Å². The molecule has 1 saturated heterocycles. The molecular formula is C14H18BrNO2. The third kappa shape index (κ3) is 2.71. The molecule has 0 atom stereocenters. The number of halogens is 1. The average molecular weight is 312 g/mol. The van der Waals surface area contributed by atoms with E-state index in [0.29, 0.717) is 13.4 Å². The molecule has 2 heterocycles. The normalized spacial score (nSPS) is 20.3. The van der Waals surface area contributed by atoms with Gasteiger partial charge in [-0.15, -0.1) is 0 Å². The highest BCUT2D eigenvalue weighted by Crippen LogP contribution is 2.34. The van der Waals surface area contributed by atoms with Gasteiger partial charge in [-0.3, -0.25) is 0 Å². The van der Waals surface area contributed by atoms with E-state index in [1.165, 1.54) is 24.0 Å². The fourth-order valence-electron chi connectivity index (χ4n) is 2.81. The molecule has 0 amide bonds. The monoisotopic (exact) mass is 311 g/mol. The van der Waals surface area contributed by atoms with Crippen LogP contribution in [0.5, 0.6) is 5.75 Å². The van der Waals surface area contributed by atoms with Crippen LogP contribution in [-0.2, 0) is 17.8 Å². The fraction of sp³-hybridized carbons (Fsp3) is 0.571. The molecule has 2 aliphatic rings. The summed E-state index contributed by atoms with van der Waals surface area (Å²) in [5.74, 6) is 1.83. The van der Waals surface area contributed by atoms with Gasteiger partial charge < -0.3 is 14.8 Å². The summed E-state index contributed by atoms with van der Waals surface area (Å²) in [6, 6.07) is 4.30. The molecule has 1 N–H and O–H groups in total. The van der Waals surface area contributed by atoms with E-state index in [1.807, 2.05) is 0 Å². The van der Waals surface area contributed by atoms with Gasteiger partial charge in [0.05, 0.1) is 6.61 Å². The van der Waals surface area contributed by atoms with E-state index in [1.54, 1.807) is 0 Å². The van der Waals surface area contributed by atoms with Gasteiger partial charge in [-0.1, -0.05) is 15.9 Å². The quantitative estimate of drug-likeness (QED) is 0.911. The van der Waals surface area contributed by atoms with Crippen molar-refractivity contribution in [1.29, 1.82) is 0 Å². The van der Waals surface area contributed by atoms with E-state index in [9.17, 15) is 0 Å². The van der Waals surface area contributed by atoms with E-state index < -0.39 is 0 Å². The van der Waals surface area contributed by atoms with Gasteiger partial charge in [-0.25, -0.2) is 0 Å². The first-order valence-electron chi connectivity index (χ1n) is 6.55. The Morgan fingerprint density at radius 1 is 1.28 bits per heavy atom. The molecule has 3 nitrogen and oxygen atoms in total. The Hall–Kier alpha value is -0.580. The zero-order chi connectivity index (χ0) is 12.4. The predicted molar refractivity (Wildman–Crippen MR) is 73.7 cm³/mol. The lowest BCUT2D eigenvalue weighted by Gasteiger charge is -2.26. The molecule has 0 saturated carbocycles. The Kier molecular flexibility index (Phi) is 3.87. The largest absolute Gasteiger partial charge is 0.467 e. The maximum atomic E-state index is 5.69. The Morgan fingerprint density at radius 3 is 2.94 bits per heavy atom. The molecule has 1 aromatic carbocycles. The van der Waals surface area contributed by atoms with Crippen LogP contribution in [0.3, 0.4) is 0 Å². The highest BCUT2D eigenvalue weighted by atomic mass is 79.9. The molecule has 0 radical (unpaired) electrons. The minimum atomic E-state index is 0.383. The lowest BCUT2D eigenvalue weighted by Crippen LogP contribution is -2.29. The van der Waals surface area contributed by atoms with Crippen molar-refractivity contribution in [2.24, 2.45) is 5.92 Å². The minimum Gasteiger partial charge on any atom is -0.467 e. The maximum absolute atomic E-state index is 5.69. The maximum Gasteiger partial charge on any atom is 0.189 e. The van der Waals surface area contributed by atoms with Crippen molar-refractivity contribution in [3.63, 3.8) is 0 Å². The molecule has 1 fully saturated rings. The van der Waals surface area contributed by atoms with Crippen molar-refractivity contribution < 1.29 is 9.47 Å². The van der Waals surface area contributed by atoms with Gasteiger partial charge in [0.1, 0.15) is 5.75 Å². The van der Waals surface area contributed by atoms with Crippen LogP contribution in [0.25, 0.3) is 0 Å². The molecule has 98 valence electrons. The highest BCUT2D eigenvalue weighted by molar-refractivity contribution is 9.10. The Bertz CT molecular complexity index is 430. The van der Waals surface area contributed by atoms with Crippen LogP contribution in [-0.4, -0.2) is 19.9 Å². The highest BCUT2D eigenvalue weighted by Gasteiger charge is 2.20. The van der Waals surface area contributed by atoms with Crippen LogP contribution < -0.4 is 10.1 Å². The van der Waals surface area contributed by atoms with Gasteiger partial charge in [-0.2, -0.15) is 0 Å². The van der Waals surface area contributed by atoms with E-state index in [2.05, 4.69) is 33.4 Å². The minimum absolute atomic E-state index is 0.383. The van der Waals surface area contributed by atoms with Gasteiger partial charge in [0.25, 0.3) is 0 Å². The van der Waals surface area contributed by atoms with Crippen molar-refractivity contribution in [3.8, 4) is 5.75 Å². The van der Waals surface area contributed by atoms with Crippen molar-refractivity contribution in [2.45, 2.75) is 25.9 Å². The molecule has 0 aliphatic carbocycles. The first-order chi connectivity index (χ1) is 8.83. The summed E-state index contributed by atoms with van der Waals surface area (Å²) in [4.78, 5) is 0. The van der Waals surface area contributed by atoms with Crippen molar-refractivity contribution in [1.82, 2.24) is 5.32 Å². The van der Waals surface area contributed by atoms with Crippen LogP contribution in [0.1, 0.15) is 24.0 Å². The molecule has 0 bridgehead atoms. The predicted octanol–water partition coefficient (Wildman–Crippen LogP) is 2.86.